The van der Waals surface area contributed by atoms with Crippen LogP contribution in [0, 0.1) is 0 Å². The molecule has 0 aliphatic carbocycles. The molecular formula is C17H23N3OS. The number of likely N-dealkylation sites (tertiary alicyclic amines) is 1. The number of benzene rings is 1. The van der Waals surface area contributed by atoms with Crippen molar-refractivity contribution in [3.63, 3.8) is 0 Å². The van der Waals surface area contributed by atoms with E-state index < -0.39 is 0 Å². The number of urea groups is 1. The maximum Gasteiger partial charge on any atom is 0.317 e. The third-order valence-electron chi connectivity index (χ3n) is 4.42. The number of hydrogen-bond acceptors (Lipinski definition) is 3. The fraction of sp³-hybridized carbons (Fsp3) is 0.471. The number of nitrogens with zero attached hydrogens (tertiary/aromatic N) is 2. The van der Waals surface area contributed by atoms with E-state index in [9.17, 15) is 4.79 Å². The van der Waals surface area contributed by atoms with Gasteiger partial charge >= 0.3 is 6.03 Å². The average molecular weight is 317 g/mol. The highest BCUT2D eigenvalue weighted by Gasteiger charge is 2.30. The average Bonchev–Trinajstić information content (AvgIpc) is 3.23. The molecule has 1 atom stereocenters. The third kappa shape index (κ3) is 3.65. The zero-order valence-electron chi connectivity index (χ0n) is 13.0. The molecule has 2 aliphatic heterocycles. The van der Waals surface area contributed by atoms with Gasteiger partial charge in [0, 0.05) is 43.7 Å². The second kappa shape index (κ2) is 7.20. The van der Waals surface area contributed by atoms with Crippen molar-refractivity contribution in [2.24, 2.45) is 0 Å². The maximum atomic E-state index is 12.3. The summed E-state index contributed by atoms with van der Waals surface area (Å²) in [6.07, 6.45) is 7.57. The molecule has 2 aliphatic rings. The molecule has 5 heteroatoms. The van der Waals surface area contributed by atoms with Gasteiger partial charge in [0.25, 0.3) is 0 Å². The van der Waals surface area contributed by atoms with Gasteiger partial charge in [-0.05, 0) is 30.4 Å². The maximum absolute atomic E-state index is 12.3. The Morgan fingerprint density at radius 2 is 2.00 bits per heavy atom. The van der Waals surface area contributed by atoms with Crippen LogP contribution in [0.25, 0.3) is 0 Å². The Morgan fingerprint density at radius 1 is 1.27 bits per heavy atom. The first-order valence-electron chi connectivity index (χ1n) is 7.81. The summed E-state index contributed by atoms with van der Waals surface area (Å²) in [7, 11) is 0. The second-order valence-electron chi connectivity index (χ2n) is 5.82. The molecule has 0 aromatic heterocycles. The first-order valence-corrected chi connectivity index (χ1v) is 9.03. The summed E-state index contributed by atoms with van der Waals surface area (Å²) in [4.78, 5) is 17.9. The van der Waals surface area contributed by atoms with Gasteiger partial charge in [-0.1, -0.05) is 24.3 Å². The van der Waals surface area contributed by atoms with E-state index in [-0.39, 0.29) is 6.03 Å². The fourth-order valence-electron chi connectivity index (χ4n) is 3.05. The first-order chi connectivity index (χ1) is 10.8. The molecule has 0 spiro atoms. The number of thioether (sulfide) groups is 1. The Labute approximate surface area is 136 Å². The molecule has 2 amide bonds. The molecule has 0 radical (unpaired) electrons. The van der Waals surface area contributed by atoms with Crippen LogP contribution in [-0.4, -0.2) is 54.3 Å². The number of carbonyl (C=O) groups is 1. The lowest BCUT2D eigenvalue weighted by Gasteiger charge is -2.23. The van der Waals surface area contributed by atoms with Crippen molar-refractivity contribution in [2.75, 3.05) is 32.4 Å². The van der Waals surface area contributed by atoms with E-state index in [0.717, 1.165) is 38.2 Å². The molecule has 0 unspecified atom stereocenters. The number of carbonyl (C=O) groups excluding carboxylic acids is 1. The summed E-state index contributed by atoms with van der Waals surface area (Å²) in [5.74, 6) is 0. The predicted octanol–water partition coefficient (Wildman–Crippen LogP) is 2.56. The lowest BCUT2D eigenvalue weighted by molar-refractivity contribution is 0.199. The molecule has 1 aromatic rings. The Kier molecular flexibility index (Phi) is 5.05. The number of rotatable bonds is 4. The van der Waals surface area contributed by atoms with Crippen LogP contribution >= 0.6 is 11.8 Å². The van der Waals surface area contributed by atoms with Crippen LogP contribution < -0.4 is 5.32 Å². The minimum atomic E-state index is 0.0589. The monoisotopic (exact) mass is 317 g/mol. The molecule has 118 valence electrons. The quantitative estimate of drug-likeness (QED) is 0.685. The molecular weight excluding hydrogens is 294 g/mol. The van der Waals surface area contributed by atoms with Crippen LogP contribution in [0.5, 0.6) is 0 Å². The summed E-state index contributed by atoms with van der Waals surface area (Å²) < 4.78 is 0. The van der Waals surface area contributed by atoms with Gasteiger partial charge in [0.2, 0.25) is 0 Å². The van der Waals surface area contributed by atoms with Crippen molar-refractivity contribution in [1.29, 1.82) is 0 Å². The van der Waals surface area contributed by atoms with Gasteiger partial charge in [0.1, 0.15) is 0 Å². The van der Waals surface area contributed by atoms with Gasteiger partial charge in [-0.3, -0.25) is 4.90 Å². The molecule has 1 saturated heterocycles. The largest absolute Gasteiger partial charge is 0.334 e. The molecule has 22 heavy (non-hydrogen) atoms. The fourth-order valence-corrected chi connectivity index (χ4v) is 3.46. The van der Waals surface area contributed by atoms with E-state index in [1.54, 1.807) is 11.8 Å². The van der Waals surface area contributed by atoms with E-state index >= 15 is 0 Å². The summed E-state index contributed by atoms with van der Waals surface area (Å²) in [5.41, 5.74) is 1.14. The molecule has 2 heterocycles. The van der Waals surface area contributed by atoms with Gasteiger partial charge in [-0.2, -0.15) is 0 Å². The molecule has 4 nitrogen and oxygen atoms in total. The van der Waals surface area contributed by atoms with Gasteiger partial charge in [-0.25, -0.2) is 4.79 Å². The van der Waals surface area contributed by atoms with Crippen molar-refractivity contribution < 1.29 is 4.79 Å². The lowest BCUT2D eigenvalue weighted by Crippen LogP contribution is -2.41. The van der Waals surface area contributed by atoms with Crippen molar-refractivity contribution >= 4 is 17.8 Å². The SMILES string of the molecule is CSc1ccc(CNC(=O)N2CC[C@@H](N3CC=CC3)C2)cc1. The standard InChI is InChI=1S/C17H23N3OS/c1-22-16-6-4-14(5-7-16)12-18-17(21)20-11-8-15(13-20)19-9-2-3-10-19/h2-7,15H,8-13H2,1H3,(H,18,21)/t15-/m1/s1. The summed E-state index contributed by atoms with van der Waals surface area (Å²) >= 11 is 1.73. The topological polar surface area (TPSA) is 35.6 Å². The lowest BCUT2D eigenvalue weighted by atomic mass is 10.2. The Balaban J connectivity index is 1.45. The highest BCUT2D eigenvalue weighted by atomic mass is 32.2. The number of nitrogens with one attached hydrogen (secondary N) is 1. The van der Waals surface area contributed by atoms with Crippen LogP contribution in [0.4, 0.5) is 4.79 Å². The Hall–Kier alpha value is -1.46. The first kappa shape index (κ1) is 15.4. The Morgan fingerprint density at radius 3 is 2.68 bits per heavy atom. The van der Waals surface area contributed by atoms with Crippen molar-refractivity contribution in [3.05, 3.63) is 42.0 Å². The molecule has 3 rings (SSSR count). The van der Waals surface area contributed by atoms with Crippen LogP contribution in [0.15, 0.2) is 41.3 Å². The molecule has 1 N–H and O–H groups in total. The third-order valence-corrected chi connectivity index (χ3v) is 5.16. The molecule has 1 aromatic carbocycles. The summed E-state index contributed by atoms with van der Waals surface area (Å²) in [6.45, 7) is 4.36. The van der Waals surface area contributed by atoms with Crippen LogP contribution in [0.2, 0.25) is 0 Å². The van der Waals surface area contributed by atoms with Crippen molar-refractivity contribution in [2.45, 2.75) is 23.9 Å². The predicted molar refractivity (Wildman–Crippen MR) is 91.1 cm³/mol. The highest BCUT2D eigenvalue weighted by Crippen LogP contribution is 2.18. The number of amides is 2. The van der Waals surface area contributed by atoms with Gasteiger partial charge in [-0.15, -0.1) is 11.8 Å². The van der Waals surface area contributed by atoms with Gasteiger partial charge < -0.3 is 10.2 Å². The van der Waals surface area contributed by atoms with Gasteiger partial charge in [0.05, 0.1) is 0 Å². The van der Waals surface area contributed by atoms with E-state index in [1.807, 2.05) is 4.90 Å². The van der Waals surface area contributed by atoms with Crippen molar-refractivity contribution in [3.8, 4) is 0 Å². The van der Waals surface area contributed by atoms with E-state index in [1.165, 1.54) is 4.90 Å². The van der Waals surface area contributed by atoms with Gasteiger partial charge in [0.15, 0.2) is 0 Å². The van der Waals surface area contributed by atoms with Crippen molar-refractivity contribution in [1.82, 2.24) is 15.1 Å². The van der Waals surface area contributed by atoms with E-state index in [0.29, 0.717) is 12.6 Å². The summed E-state index contributed by atoms with van der Waals surface area (Å²) in [6, 6.07) is 8.92. The summed E-state index contributed by atoms with van der Waals surface area (Å²) in [5, 5.41) is 3.04. The Bertz CT molecular complexity index is 535. The molecule has 0 saturated carbocycles. The minimum absolute atomic E-state index is 0.0589. The van der Waals surface area contributed by atoms with Crippen LogP contribution in [0.3, 0.4) is 0 Å². The highest BCUT2D eigenvalue weighted by molar-refractivity contribution is 7.98. The van der Waals surface area contributed by atoms with Crippen LogP contribution in [0.1, 0.15) is 12.0 Å². The minimum Gasteiger partial charge on any atom is -0.334 e. The molecule has 1 fully saturated rings. The van der Waals surface area contributed by atoms with E-state index in [2.05, 4.69) is 52.9 Å². The second-order valence-corrected chi connectivity index (χ2v) is 6.70. The van der Waals surface area contributed by atoms with E-state index in [4.69, 9.17) is 0 Å². The zero-order valence-corrected chi connectivity index (χ0v) is 13.8. The smallest absolute Gasteiger partial charge is 0.317 e. The normalized spacial score (nSPS) is 21.5. The zero-order chi connectivity index (χ0) is 15.4. The molecule has 0 bridgehead atoms. The van der Waals surface area contributed by atoms with Crippen LogP contribution in [-0.2, 0) is 6.54 Å². The number of hydrogen-bond donors (Lipinski definition) is 1.